The standard InChI is InChI=1S/C16H17N3O3S/c1-10-4-6-11(7-5-10)22-9-13(20)19-16-18-12-3-2-8-17-15(21)14(12)23-16/h4-7H,2-3,8-9H2,1H3,(H,17,21)(H,18,19,20). The van der Waals surface area contributed by atoms with E-state index in [1.54, 1.807) is 0 Å². The van der Waals surface area contributed by atoms with Crippen LogP contribution in [0.4, 0.5) is 5.13 Å². The molecule has 2 amide bonds. The first-order chi connectivity index (χ1) is 11.1. The highest BCUT2D eigenvalue weighted by Gasteiger charge is 2.21. The molecular formula is C16H17N3O3S. The van der Waals surface area contributed by atoms with Crippen molar-refractivity contribution < 1.29 is 14.3 Å². The van der Waals surface area contributed by atoms with Gasteiger partial charge in [-0.05, 0) is 31.9 Å². The Labute approximate surface area is 137 Å². The minimum absolute atomic E-state index is 0.0977. The van der Waals surface area contributed by atoms with Gasteiger partial charge < -0.3 is 10.1 Å². The Balaban J connectivity index is 1.59. The van der Waals surface area contributed by atoms with Gasteiger partial charge in [-0.3, -0.25) is 14.9 Å². The Morgan fingerprint density at radius 3 is 2.96 bits per heavy atom. The molecule has 1 aliphatic heterocycles. The first-order valence-corrected chi connectivity index (χ1v) is 8.21. The number of aryl methyl sites for hydroxylation is 2. The van der Waals surface area contributed by atoms with E-state index in [-0.39, 0.29) is 18.4 Å². The van der Waals surface area contributed by atoms with Crippen LogP contribution in [0.5, 0.6) is 5.75 Å². The van der Waals surface area contributed by atoms with E-state index in [2.05, 4.69) is 15.6 Å². The van der Waals surface area contributed by atoms with Crippen LogP contribution in [0, 0.1) is 6.92 Å². The molecule has 1 aromatic carbocycles. The number of carbonyl (C=O) groups is 2. The topological polar surface area (TPSA) is 80.3 Å². The molecule has 7 heteroatoms. The molecule has 0 aliphatic carbocycles. The van der Waals surface area contributed by atoms with Gasteiger partial charge in [0.25, 0.3) is 11.8 Å². The second-order valence-corrected chi connectivity index (χ2v) is 6.30. The number of nitrogens with zero attached hydrogens (tertiary/aromatic N) is 1. The van der Waals surface area contributed by atoms with Crippen molar-refractivity contribution in [1.29, 1.82) is 0 Å². The minimum Gasteiger partial charge on any atom is -0.484 e. The molecule has 0 saturated carbocycles. The first kappa shape index (κ1) is 15.5. The van der Waals surface area contributed by atoms with Gasteiger partial charge in [-0.15, -0.1) is 0 Å². The number of rotatable bonds is 4. The zero-order valence-corrected chi connectivity index (χ0v) is 13.5. The lowest BCUT2D eigenvalue weighted by molar-refractivity contribution is -0.118. The molecule has 0 atom stereocenters. The number of anilines is 1. The monoisotopic (exact) mass is 331 g/mol. The SMILES string of the molecule is Cc1ccc(OCC(=O)Nc2nc3c(s2)C(=O)NCCC3)cc1. The van der Waals surface area contributed by atoms with Gasteiger partial charge >= 0.3 is 0 Å². The highest BCUT2D eigenvalue weighted by atomic mass is 32.1. The van der Waals surface area contributed by atoms with Gasteiger partial charge in [0.05, 0.1) is 5.69 Å². The van der Waals surface area contributed by atoms with E-state index in [0.29, 0.717) is 22.3 Å². The fourth-order valence-corrected chi connectivity index (χ4v) is 3.17. The van der Waals surface area contributed by atoms with E-state index in [1.165, 1.54) is 11.3 Å². The molecule has 2 aromatic rings. The van der Waals surface area contributed by atoms with Crippen molar-refractivity contribution in [3.63, 3.8) is 0 Å². The minimum atomic E-state index is -0.296. The van der Waals surface area contributed by atoms with Crippen molar-refractivity contribution in [3.8, 4) is 5.75 Å². The number of amides is 2. The first-order valence-electron chi connectivity index (χ1n) is 7.39. The summed E-state index contributed by atoms with van der Waals surface area (Å²) in [6.45, 7) is 2.55. The van der Waals surface area contributed by atoms with Gasteiger partial charge in [0.1, 0.15) is 10.6 Å². The Morgan fingerprint density at radius 1 is 1.39 bits per heavy atom. The Hall–Kier alpha value is -2.41. The largest absolute Gasteiger partial charge is 0.484 e. The lowest BCUT2D eigenvalue weighted by atomic mass is 10.2. The molecule has 0 saturated heterocycles. The third kappa shape index (κ3) is 3.87. The molecule has 3 rings (SSSR count). The van der Waals surface area contributed by atoms with Crippen LogP contribution in [-0.2, 0) is 11.2 Å². The van der Waals surface area contributed by atoms with Crippen LogP contribution in [-0.4, -0.2) is 29.9 Å². The lowest BCUT2D eigenvalue weighted by Gasteiger charge is -2.06. The summed E-state index contributed by atoms with van der Waals surface area (Å²) < 4.78 is 5.42. The van der Waals surface area contributed by atoms with Crippen LogP contribution in [0.15, 0.2) is 24.3 Å². The summed E-state index contributed by atoms with van der Waals surface area (Å²) in [6, 6.07) is 7.48. The van der Waals surface area contributed by atoms with Crippen LogP contribution in [0.3, 0.4) is 0 Å². The summed E-state index contributed by atoms with van der Waals surface area (Å²) in [4.78, 5) is 28.7. The summed E-state index contributed by atoms with van der Waals surface area (Å²) in [7, 11) is 0. The predicted octanol–water partition coefficient (Wildman–Crippen LogP) is 2.15. The van der Waals surface area contributed by atoms with Crippen molar-refractivity contribution in [2.24, 2.45) is 0 Å². The molecule has 2 N–H and O–H groups in total. The maximum Gasteiger partial charge on any atom is 0.264 e. The predicted molar refractivity (Wildman–Crippen MR) is 88.1 cm³/mol. The average molecular weight is 331 g/mol. The molecule has 0 unspecified atom stereocenters. The maximum absolute atomic E-state index is 11.9. The zero-order valence-electron chi connectivity index (χ0n) is 12.7. The summed E-state index contributed by atoms with van der Waals surface area (Å²) in [5.41, 5.74) is 1.88. The fraction of sp³-hybridized carbons (Fsp3) is 0.312. The van der Waals surface area contributed by atoms with Gasteiger partial charge in [0.2, 0.25) is 0 Å². The quantitative estimate of drug-likeness (QED) is 0.899. The average Bonchev–Trinajstić information content (AvgIpc) is 2.86. The molecule has 0 radical (unpaired) electrons. The number of aromatic nitrogens is 1. The van der Waals surface area contributed by atoms with E-state index in [9.17, 15) is 9.59 Å². The van der Waals surface area contributed by atoms with Crippen molar-refractivity contribution >= 4 is 28.3 Å². The summed E-state index contributed by atoms with van der Waals surface area (Å²) >= 11 is 1.20. The molecule has 6 nitrogen and oxygen atoms in total. The van der Waals surface area contributed by atoms with Gasteiger partial charge in [0.15, 0.2) is 11.7 Å². The normalized spacial score (nSPS) is 13.7. The van der Waals surface area contributed by atoms with Crippen molar-refractivity contribution in [1.82, 2.24) is 10.3 Å². The van der Waals surface area contributed by atoms with Crippen molar-refractivity contribution in [3.05, 3.63) is 40.4 Å². The lowest BCUT2D eigenvalue weighted by Crippen LogP contribution is -2.21. The third-order valence-electron chi connectivity index (χ3n) is 3.42. The maximum atomic E-state index is 11.9. The van der Waals surface area contributed by atoms with Crippen LogP contribution in [0.2, 0.25) is 0 Å². The molecule has 0 spiro atoms. The van der Waals surface area contributed by atoms with Crippen LogP contribution in [0.1, 0.15) is 27.3 Å². The second-order valence-electron chi connectivity index (χ2n) is 5.30. The van der Waals surface area contributed by atoms with E-state index < -0.39 is 0 Å². The number of hydrogen-bond donors (Lipinski definition) is 2. The summed E-state index contributed by atoms with van der Waals surface area (Å²) in [5, 5.41) is 5.93. The molecule has 0 fully saturated rings. The zero-order chi connectivity index (χ0) is 16.2. The smallest absolute Gasteiger partial charge is 0.264 e. The molecule has 1 aliphatic rings. The molecule has 23 heavy (non-hydrogen) atoms. The second kappa shape index (κ2) is 6.78. The number of hydrogen-bond acceptors (Lipinski definition) is 5. The van der Waals surface area contributed by atoms with E-state index in [0.717, 1.165) is 24.1 Å². The van der Waals surface area contributed by atoms with Crippen molar-refractivity contribution in [2.75, 3.05) is 18.5 Å². The van der Waals surface area contributed by atoms with Gasteiger partial charge in [-0.1, -0.05) is 29.0 Å². The number of ether oxygens (including phenoxy) is 1. The Kier molecular flexibility index (Phi) is 4.57. The Morgan fingerprint density at radius 2 is 2.17 bits per heavy atom. The van der Waals surface area contributed by atoms with Crippen molar-refractivity contribution in [2.45, 2.75) is 19.8 Å². The molecule has 2 heterocycles. The Bertz CT molecular complexity index is 725. The van der Waals surface area contributed by atoms with E-state index >= 15 is 0 Å². The number of thiazole rings is 1. The van der Waals surface area contributed by atoms with E-state index in [4.69, 9.17) is 4.74 Å². The number of carbonyl (C=O) groups excluding carboxylic acids is 2. The summed E-state index contributed by atoms with van der Waals surface area (Å²) in [5.74, 6) is 0.223. The highest BCUT2D eigenvalue weighted by Crippen LogP contribution is 2.25. The molecule has 0 bridgehead atoms. The fourth-order valence-electron chi connectivity index (χ4n) is 2.23. The summed E-state index contributed by atoms with van der Waals surface area (Å²) in [6.07, 6.45) is 1.59. The highest BCUT2D eigenvalue weighted by molar-refractivity contribution is 7.17. The number of fused-ring (bicyclic) bond motifs is 1. The van der Waals surface area contributed by atoms with E-state index in [1.807, 2.05) is 31.2 Å². The van der Waals surface area contributed by atoms with Crippen LogP contribution >= 0.6 is 11.3 Å². The molecule has 1 aromatic heterocycles. The van der Waals surface area contributed by atoms with Gasteiger partial charge in [-0.25, -0.2) is 4.98 Å². The van der Waals surface area contributed by atoms with Gasteiger partial charge in [0, 0.05) is 6.54 Å². The third-order valence-corrected chi connectivity index (χ3v) is 4.43. The van der Waals surface area contributed by atoms with Crippen LogP contribution in [0.25, 0.3) is 0 Å². The van der Waals surface area contributed by atoms with Crippen LogP contribution < -0.4 is 15.4 Å². The number of nitrogens with one attached hydrogen (secondary N) is 2. The number of benzene rings is 1. The molecular weight excluding hydrogens is 314 g/mol. The van der Waals surface area contributed by atoms with Gasteiger partial charge in [-0.2, -0.15) is 0 Å². The molecule has 120 valence electrons.